The van der Waals surface area contributed by atoms with Crippen molar-refractivity contribution < 1.29 is 33.6 Å². The highest BCUT2D eigenvalue weighted by atomic mass is 35.5. The fraction of sp³-hybridized carbons (Fsp3) is 0.154. The molecule has 13 heteroatoms. The maximum Gasteiger partial charge on any atom is 0.337 e. The van der Waals surface area contributed by atoms with E-state index in [1.165, 1.54) is 50.9 Å². The predicted octanol–water partition coefficient (Wildman–Crippen LogP) is 4.89. The van der Waals surface area contributed by atoms with Gasteiger partial charge >= 0.3 is 5.97 Å². The first-order valence-corrected chi connectivity index (χ1v) is 14.1. The number of hydrogen-bond acceptors (Lipinski definition) is 6. The second kappa shape index (κ2) is 11.4. The Morgan fingerprint density at radius 1 is 0.897 bits per heavy atom. The smallest absolute Gasteiger partial charge is 0.337 e. The molecule has 0 unspecified atom stereocenters. The number of aromatic carboxylic acids is 1. The highest BCUT2D eigenvalue weighted by Gasteiger charge is 2.25. The summed E-state index contributed by atoms with van der Waals surface area (Å²) in [5.74, 6) is -4.70. The SMILES string of the molecule is CN(C)C(=O)c1cc(C(=O)N=S(C)(C)=O)c(O)cc1C(=O)Nc1cc(-c2ccc(Cl)cc2Cl)ccc1C(=O)O. The van der Waals surface area contributed by atoms with Crippen LogP contribution in [-0.2, 0) is 9.73 Å². The highest BCUT2D eigenvalue weighted by molar-refractivity contribution is 7.92. The lowest BCUT2D eigenvalue weighted by atomic mass is 9.99. The Morgan fingerprint density at radius 2 is 1.56 bits per heavy atom. The van der Waals surface area contributed by atoms with E-state index in [0.29, 0.717) is 21.2 Å². The molecule has 3 N–H and O–H groups in total. The molecule has 0 bridgehead atoms. The Morgan fingerprint density at radius 3 is 2.13 bits per heavy atom. The van der Waals surface area contributed by atoms with E-state index >= 15 is 0 Å². The summed E-state index contributed by atoms with van der Waals surface area (Å²) in [4.78, 5) is 51.8. The molecule has 0 spiro atoms. The van der Waals surface area contributed by atoms with Crippen molar-refractivity contribution in [2.75, 3.05) is 31.9 Å². The van der Waals surface area contributed by atoms with E-state index in [1.807, 2.05) is 0 Å². The van der Waals surface area contributed by atoms with Gasteiger partial charge < -0.3 is 20.4 Å². The fourth-order valence-corrected chi connectivity index (χ4v) is 4.54. The van der Waals surface area contributed by atoms with Crippen LogP contribution in [0.3, 0.4) is 0 Å². The van der Waals surface area contributed by atoms with Gasteiger partial charge in [0.2, 0.25) is 0 Å². The van der Waals surface area contributed by atoms with Crippen molar-refractivity contribution in [2.45, 2.75) is 0 Å². The Bertz CT molecular complexity index is 1650. The molecule has 10 nitrogen and oxygen atoms in total. The number of carboxylic acids is 1. The number of carboxylic acid groups (broad SMARTS) is 1. The molecular formula is C26H23Cl2N3O7S. The quantitative estimate of drug-likeness (QED) is 0.369. The number of nitrogens with one attached hydrogen (secondary N) is 1. The molecule has 3 aromatic carbocycles. The van der Waals surface area contributed by atoms with E-state index in [0.717, 1.165) is 17.0 Å². The zero-order chi connectivity index (χ0) is 29.2. The van der Waals surface area contributed by atoms with E-state index in [-0.39, 0.29) is 22.4 Å². The number of rotatable bonds is 6. The normalized spacial score (nSPS) is 11.0. The molecule has 3 aromatic rings. The van der Waals surface area contributed by atoms with Gasteiger partial charge in [-0.25, -0.2) is 9.00 Å². The fourth-order valence-electron chi connectivity index (χ4n) is 3.53. The number of anilines is 1. The Kier molecular flexibility index (Phi) is 8.69. The summed E-state index contributed by atoms with van der Waals surface area (Å²) in [6.07, 6.45) is 2.45. The monoisotopic (exact) mass is 591 g/mol. The van der Waals surface area contributed by atoms with Gasteiger partial charge in [0.1, 0.15) is 5.75 Å². The van der Waals surface area contributed by atoms with Crippen LogP contribution in [0.5, 0.6) is 5.75 Å². The molecule has 204 valence electrons. The number of benzene rings is 3. The van der Waals surface area contributed by atoms with Crippen LogP contribution in [0.15, 0.2) is 52.9 Å². The van der Waals surface area contributed by atoms with Gasteiger partial charge in [-0.15, -0.1) is 0 Å². The topological polar surface area (TPSA) is 153 Å². The Hall–Kier alpha value is -3.93. The molecule has 0 aliphatic heterocycles. The first kappa shape index (κ1) is 29.6. The van der Waals surface area contributed by atoms with Gasteiger partial charge in [-0.3, -0.25) is 14.4 Å². The highest BCUT2D eigenvalue weighted by Crippen LogP contribution is 2.33. The van der Waals surface area contributed by atoms with Crippen LogP contribution in [-0.4, -0.2) is 69.6 Å². The number of halogens is 2. The third-order valence-corrected chi connectivity index (χ3v) is 6.44. The van der Waals surface area contributed by atoms with Crippen molar-refractivity contribution in [3.63, 3.8) is 0 Å². The number of phenolic OH excluding ortho intramolecular Hbond substituents is 1. The van der Waals surface area contributed by atoms with Gasteiger partial charge in [0.05, 0.1) is 27.9 Å². The zero-order valence-electron chi connectivity index (χ0n) is 21.1. The van der Waals surface area contributed by atoms with Crippen molar-refractivity contribution in [2.24, 2.45) is 4.36 Å². The lowest BCUT2D eigenvalue weighted by molar-refractivity contribution is 0.0697. The minimum absolute atomic E-state index is 0.120. The minimum Gasteiger partial charge on any atom is -0.507 e. The van der Waals surface area contributed by atoms with Crippen molar-refractivity contribution in [1.82, 2.24) is 4.90 Å². The number of aromatic hydroxyl groups is 1. The summed E-state index contributed by atoms with van der Waals surface area (Å²) in [5, 5.41) is 23.4. The Balaban J connectivity index is 2.14. The van der Waals surface area contributed by atoms with Gasteiger partial charge in [-0.2, -0.15) is 4.36 Å². The maximum atomic E-state index is 13.4. The van der Waals surface area contributed by atoms with Crippen LogP contribution in [0.2, 0.25) is 10.0 Å². The van der Waals surface area contributed by atoms with Gasteiger partial charge in [-0.05, 0) is 42.0 Å². The van der Waals surface area contributed by atoms with Crippen molar-refractivity contribution in [3.05, 3.63) is 80.8 Å². The molecule has 0 saturated carbocycles. The number of carbonyl (C=O) groups is 4. The summed E-state index contributed by atoms with van der Waals surface area (Å²) < 4.78 is 15.5. The van der Waals surface area contributed by atoms with Gasteiger partial charge in [0, 0.05) is 51.9 Å². The molecule has 0 radical (unpaired) electrons. The van der Waals surface area contributed by atoms with Crippen LogP contribution in [0, 0.1) is 0 Å². The first-order valence-electron chi connectivity index (χ1n) is 11.0. The largest absolute Gasteiger partial charge is 0.507 e. The molecule has 0 heterocycles. The zero-order valence-corrected chi connectivity index (χ0v) is 23.4. The summed E-state index contributed by atoms with van der Waals surface area (Å²) in [6.45, 7) is 0. The number of hydrogen-bond donors (Lipinski definition) is 3. The van der Waals surface area contributed by atoms with Crippen LogP contribution in [0.1, 0.15) is 41.4 Å². The van der Waals surface area contributed by atoms with Crippen LogP contribution in [0.4, 0.5) is 5.69 Å². The van der Waals surface area contributed by atoms with E-state index in [4.69, 9.17) is 23.2 Å². The van der Waals surface area contributed by atoms with Crippen molar-refractivity contribution in [3.8, 4) is 16.9 Å². The standard InChI is InChI=1S/C26H23Cl2N3O7S/c1-31(2)25(35)18-11-19(24(34)30-39(3,4)38)22(32)12-17(18)23(33)29-21-9-13(5-7-16(21)26(36)37)15-8-6-14(27)10-20(15)28/h5-12,32H,1-4H3,(H,29,33)(H,36,37). The number of phenols is 1. The first-order chi connectivity index (χ1) is 18.1. The average Bonchev–Trinajstić information content (AvgIpc) is 2.82. The second-order valence-corrected chi connectivity index (χ2v) is 12.2. The molecule has 0 atom stereocenters. The van der Waals surface area contributed by atoms with Crippen LogP contribution >= 0.6 is 23.2 Å². The maximum absolute atomic E-state index is 13.4. The van der Waals surface area contributed by atoms with E-state index in [1.54, 1.807) is 12.1 Å². The molecule has 3 rings (SSSR count). The van der Waals surface area contributed by atoms with E-state index in [9.17, 15) is 33.6 Å². The number of carbonyl (C=O) groups excluding carboxylic acids is 3. The Labute approximate surface area is 234 Å². The average molecular weight is 592 g/mol. The van der Waals surface area contributed by atoms with E-state index in [2.05, 4.69) is 9.68 Å². The molecule has 3 amide bonds. The van der Waals surface area contributed by atoms with Gasteiger partial charge in [0.15, 0.2) is 0 Å². The van der Waals surface area contributed by atoms with Gasteiger partial charge in [-0.1, -0.05) is 35.3 Å². The molecule has 0 saturated heterocycles. The third-order valence-electron chi connectivity index (χ3n) is 5.29. The molecule has 39 heavy (non-hydrogen) atoms. The summed E-state index contributed by atoms with van der Waals surface area (Å²) in [5.41, 5.74) is -0.444. The predicted molar refractivity (Wildman–Crippen MR) is 150 cm³/mol. The number of amides is 3. The molecule has 0 aliphatic rings. The molecular weight excluding hydrogens is 569 g/mol. The summed E-state index contributed by atoms with van der Waals surface area (Å²) in [7, 11) is -0.0585. The van der Waals surface area contributed by atoms with Gasteiger partial charge in [0.25, 0.3) is 17.7 Å². The van der Waals surface area contributed by atoms with Crippen LogP contribution in [0.25, 0.3) is 11.1 Å². The molecule has 0 aromatic heterocycles. The van der Waals surface area contributed by atoms with Crippen molar-refractivity contribution in [1.29, 1.82) is 0 Å². The third kappa shape index (κ3) is 6.94. The second-order valence-electron chi connectivity index (χ2n) is 8.84. The lowest BCUT2D eigenvalue weighted by Crippen LogP contribution is -2.26. The lowest BCUT2D eigenvalue weighted by Gasteiger charge is -2.17. The van der Waals surface area contributed by atoms with E-state index < -0.39 is 44.7 Å². The summed E-state index contributed by atoms with van der Waals surface area (Å²) >= 11 is 12.3. The molecule has 0 aliphatic carbocycles. The minimum atomic E-state index is -2.88. The molecule has 0 fully saturated rings. The van der Waals surface area contributed by atoms with Crippen LogP contribution < -0.4 is 5.32 Å². The number of nitrogens with zero attached hydrogens (tertiary/aromatic N) is 2. The summed E-state index contributed by atoms with van der Waals surface area (Å²) in [6, 6.07) is 10.8. The van der Waals surface area contributed by atoms with Crippen molar-refractivity contribution >= 4 is 62.3 Å².